The molecule has 1 saturated heterocycles. The summed E-state index contributed by atoms with van der Waals surface area (Å²) in [5.41, 5.74) is -0.880. The SMILES string of the molecule is CC(=O)CN1CC[C@H](C(F)(F)F)n2c1nc(N1CCOC[C@H]1C)cc2=O.O=c1ccnc[nH]1. The van der Waals surface area contributed by atoms with Gasteiger partial charge in [-0.25, -0.2) is 4.98 Å². The summed E-state index contributed by atoms with van der Waals surface area (Å²) < 4.78 is 46.2. The van der Waals surface area contributed by atoms with Gasteiger partial charge >= 0.3 is 6.18 Å². The molecule has 4 heterocycles. The molecule has 180 valence electrons. The van der Waals surface area contributed by atoms with Crippen LogP contribution in [0.15, 0.2) is 34.2 Å². The van der Waals surface area contributed by atoms with Crippen molar-refractivity contribution in [2.75, 3.05) is 42.6 Å². The zero-order valence-electron chi connectivity index (χ0n) is 18.2. The molecule has 10 nitrogen and oxygen atoms in total. The monoisotopic (exact) mass is 470 g/mol. The van der Waals surface area contributed by atoms with Crippen LogP contribution in [0.2, 0.25) is 0 Å². The largest absolute Gasteiger partial charge is 0.409 e. The number of morpholine rings is 1. The minimum atomic E-state index is -4.56. The summed E-state index contributed by atoms with van der Waals surface area (Å²) in [6, 6.07) is 0.514. The van der Waals surface area contributed by atoms with Gasteiger partial charge in [-0.2, -0.15) is 18.2 Å². The quantitative estimate of drug-likeness (QED) is 0.711. The maximum absolute atomic E-state index is 13.4. The van der Waals surface area contributed by atoms with Crippen LogP contribution in [0.3, 0.4) is 0 Å². The fourth-order valence-electron chi connectivity index (χ4n) is 3.74. The number of nitrogens with one attached hydrogen (secondary N) is 1. The molecule has 33 heavy (non-hydrogen) atoms. The van der Waals surface area contributed by atoms with Crippen LogP contribution in [-0.2, 0) is 9.53 Å². The van der Waals surface area contributed by atoms with Gasteiger partial charge in [0, 0.05) is 31.4 Å². The lowest BCUT2D eigenvalue weighted by atomic mass is 10.1. The van der Waals surface area contributed by atoms with E-state index in [0.29, 0.717) is 30.1 Å². The molecule has 0 saturated carbocycles. The van der Waals surface area contributed by atoms with Crippen LogP contribution in [-0.4, -0.2) is 70.4 Å². The average Bonchev–Trinajstić information content (AvgIpc) is 2.74. The Morgan fingerprint density at radius 1 is 1.30 bits per heavy atom. The van der Waals surface area contributed by atoms with E-state index in [1.165, 1.54) is 30.4 Å². The number of rotatable bonds is 3. The summed E-state index contributed by atoms with van der Waals surface area (Å²) in [7, 11) is 0. The molecule has 2 atom stereocenters. The minimum Gasteiger partial charge on any atom is -0.377 e. The third kappa shape index (κ3) is 5.97. The van der Waals surface area contributed by atoms with Gasteiger partial charge in [0.05, 0.1) is 32.1 Å². The van der Waals surface area contributed by atoms with Gasteiger partial charge in [0.25, 0.3) is 11.1 Å². The Balaban J connectivity index is 0.000000374. The number of ketones is 1. The number of fused-ring (bicyclic) bond motifs is 1. The Hall–Kier alpha value is -3.22. The van der Waals surface area contributed by atoms with Crippen LogP contribution < -0.4 is 20.9 Å². The van der Waals surface area contributed by atoms with Crippen LogP contribution >= 0.6 is 0 Å². The second-order valence-corrected chi connectivity index (χ2v) is 7.81. The Morgan fingerprint density at radius 2 is 2.06 bits per heavy atom. The van der Waals surface area contributed by atoms with Gasteiger partial charge in [-0.1, -0.05) is 0 Å². The summed E-state index contributed by atoms with van der Waals surface area (Å²) >= 11 is 0. The van der Waals surface area contributed by atoms with Gasteiger partial charge in [-0.15, -0.1) is 0 Å². The van der Waals surface area contributed by atoms with Crippen molar-refractivity contribution >= 4 is 17.5 Å². The molecule has 0 aromatic carbocycles. The van der Waals surface area contributed by atoms with Gasteiger partial charge in [0.1, 0.15) is 17.6 Å². The van der Waals surface area contributed by atoms with Crippen LogP contribution in [0, 0.1) is 0 Å². The number of hydrogen-bond acceptors (Lipinski definition) is 8. The predicted molar refractivity (Wildman–Crippen MR) is 114 cm³/mol. The van der Waals surface area contributed by atoms with Gasteiger partial charge < -0.3 is 19.5 Å². The van der Waals surface area contributed by atoms with E-state index in [4.69, 9.17) is 4.74 Å². The van der Waals surface area contributed by atoms with Gasteiger partial charge in [0.15, 0.2) is 0 Å². The molecule has 0 radical (unpaired) electrons. The fraction of sp³-hybridized carbons (Fsp3) is 0.550. The molecule has 2 aromatic rings. The molecule has 2 aliphatic heterocycles. The molecule has 0 amide bonds. The molecular formula is C20H25F3N6O4. The highest BCUT2D eigenvalue weighted by Crippen LogP contribution is 2.38. The third-order valence-corrected chi connectivity index (χ3v) is 5.23. The van der Waals surface area contributed by atoms with Crippen molar-refractivity contribution in [3.8, 4) is 0 Å². The topological polar surface area (TPSA) is 113 Å². The molecule has 2 aromatic heterocycles. The lowest BCUT2D eigenvalue weighted by molar-refractivity contribution is -0.170. The van der Waals surface area contributed by atoms with Crippen LogP contribution in [0.4, 0.5) is 24.9 Å². The Labute approximate surface area is 187 Å². The van der Waals surface area contributed by atoms with E-state index in [1.54, 1.807) is 0 Å². The number of aromatic amines is 1. The van der Waals surface area contributed by atoms with Gasteiger partial charge in [0.2, 0.25) is 5.95 Å². The number of alkyl halides is 3. The van der Waals surface area contributed by atoms with Crippen molar-refractivity contribution < 1.29 is 22.7 Å². The number of Topliss-reactive ketones (excluding diaryl/α,β-unsaturated/α-hetero) is 1. The van der Waals surface area contributed by atoms with Crippen molar-refractivity contribution in [1.29, 1.82) is 0 Å². The third-order valence-electron chi connectivity index (χ3n) is 5.23. The zero-order valence-corrected chi connectivity index (χ0v) is 18.2. The molecule has 2 aliphatic rings. The number of carbonyl (C=O) groups excluding carboxylic acids is 1. The molecule has 1 N–H and O–H groups in total. The number of carbonyl (C=O) groups is 1. The first-order valence-corrected chi connectivity index (χ1v) is 10.4. The van der Waals surface area contributed by atoms with Crippen LogP contribution in [0.25, 0.3) is 0 Å². The second-order valence-electron chi connectivity index (χ2n) is 7.81. The van der Waals surface area contributed by atoms with E-state index >= 15 is 0 Å². The molecule has 0 aliphatic carbocycles. The number of nitrogens with zero attached hydrogens (tertiary/aromatic N) is 5. The standard InChI is InChI=1S/C16H21F3N4O3.C4H4N2O/c1-10-9-26-6-5-22(10)13-7-14(25)23-12(16(17,18)19)3-4-21(8-11(2)24)15(23)20-13;7-4-1-2-5-3-6-4/h7,10,12H,3-6,8-9H2,1-2H3;1-3H,(H,5,6,7)/t10-,12-;/m1./s1. The first kappa shape index (κ1) is 24.4. The normalized spacial score (nSPS) is 20.5. The van der Waals surface area contributed by atoms with Crippen LogP contribution in [0.5, 0.6) is 0 Å². The van der Waals surface area contributed by atoms with E-state index in [9.17, 15) is 27.6 Å². The number of anilines is 2. The van der Waals surface area contributed by atoms with Crippen molar-refractivity contribution in [2.24, 2.45) is 0 Å². The van der Waals surface area contributed by atoms with Crippen molar-refractivity contribution in [3.63, 3.8) is 0 Å². The number of aromatic nitrogens is 4. The minimum absolute atomic E-state index is 0.0122. The van der Waals surface area contributed by atoms with Crippen molar-refractivity contribution in [3.05, 3.63) is 45.4 Å². The summed E-state index contributed by atoms with van der Waals surface area (Å²) in [4.78, 5) is 47.9. The summed E-state index contributed by atoms with van der Waals surface area (Å²) in [6.45, 7) is 4.56. The number of H-pyrrole nitrogens is 1. The first-order valence-electron chi connectivity index (χ1n) is 10.4. The molecule has 0 bridgehead atoms. The summed E-state index contributed by atoms with van der Waals surface area (Å²) in [5.74, 6) is 0.00444. The summed E-state index contributed by atoms with van der Waals surface area (Å²) in [6.07, 6.45) is -2.06. The van der Waals surface area contributed by atoms with Gasteiger partial charge in [-0.05, 0) is 20.3 Å². The lowest BCUT2D eigenvalue weighted by Crippen LogP contribution is -2.49. The Kier molecular flexibility index (Phi) is 7.51. The van der Waals surface area contributed by atoms with E-state index < -0.39 is 17.8 Å². The molecule has 0 unspecified atom stereocenters. The predicted octanol–water partition coefficient (Wildman–Crippen LogP) is 1.14. The first-order chi connectivity index (χ1) is 15.6. The number of hydrogen-bond donors (Lipinski definition) is 1. The summed E-state index contributed by atoms with van der Waals surface area (Å²) in [5, 5.41) is 0. The fourth-order valence-corrected chi connectivity index (χ4v) is 3.74. The van der Waals surface area contributed by atoms with E-state index in [1.807, 2.05) is 11.8 Å². The zero-order chi connectivity index (χ0) is 24.2. The van der Waals surface area contributed by atoms with Crippen molar-refractivity contribution in [1.82, 2.24) is 19.5 Å². The van der Waals surface area contributed by atoms with E-state index in [2.05, 4.69) is 15.0 Å². The number of ether oxygens (including phenoxy) is 1. The Morgan fingerprint density at radius 3 is 2.61 bits per heavy atom. The van der Waals surface area contributed by atoms with E-state index in [-0.39, 0.29) is 42.8 Å². The van der Waals surface area contributed by atoms with E-state index in [0.717, 1.165) is 6.07 Å². The smallest absolute Gasteiger partial charge is 0.377 e. The molecule has 13 heteroatoms. The maximum Gasteiger partial charge on any atom is 0.409 e. The molecule has 0 spiro atoms. The molecule has 1 fully saturated rings. The molecular weight excluding hydrogens is 445 g/mol. The Bertz CT molecular complexity index is 1070. The highest BCUT2D eigenvalue weighted by Gasteiger charge is 2.45. The average molecular weight is 470 g/mol. The van der Waals surface area contributed by atoms with Gasteiger partial charge in [-0.3, -0.25) is 19.0 Å². The highest BCUT2D eigenvalue weighted by molar-refractivity contribution is 5.80. The molecule has 4 rings (SSSR count). The maximum atomic E-state index is 13.4. The highest BCUT2D eigenvalue weighted by atomic mass is 19.4. The van der Waals surface area contributed by atoms with Crippen LogP contribution in [0.1, 0.15) is 26.3 Å². The number of halogens is 3. The lowest BCUT2D eigenvalue weighted by Gasteiger charge is -2.38. The second kappa shape index (κ2) is 10.1. The van der Waals surface area contributed by atoms with Crippen molar-refractivity contribution in [2.45, 2.75) is 38.5 Å².